The van der Waals surface area contributed by atoms with Crippen molar-refractivity contribution in [3.8, 4) is 5.75 Å². The predicted octanol–water partition coefficient (Wildman–Crippen LogP) is 2.66. The van der Waals surface area contributed by atoms with Gasteiger partial charge in [0.1, 0.15) is 24.3 Å². The molecule has 0 saturated carbocycles. The van der Waals surface area contributed by atoms with E-state index in [0.717, 1.165) is 5.56 Å². The molecule has 94 valence electrons. The monoisotopic (exact) mass is 240 g/mol. The van der Waals surface area contributed by atoms with Gasteiger partial charge in [-0.05, 0) is 44.5 Å². The predicted molar refractivity (Wildman–Crippen MR) is 61.5 cm³/mol. The smallest absolute Gasteiger partial charge is 0.163 e. The van der Waals surface area contributed by atoms with Crippen LogP contribution in [0.1, 0.15) is 19.4 Å². The first-order chi connectivity index (χ1) is 7.96. The van der Waals surface area contributed by atoms with Gasteiger partial charge in [0.2, 0.25) is 0 Å². The van der Waals surface area contributed by atoms with Gasteiger partial charge in [-0.1, -0.05) is 0 Å². The van der Waals surface area contributed by atoms with Crippen LogP contribution < -0.4 is 4.74 Å². The highest BCUT2D eigenvalue weighted by atomic mass is 19.1. The van der Waals surface area contributed by atoms with E-state index in [1.54, 1.807) is 6.07 Å². The molecule has 1 aromatic carbocycles. The molecular formula is C13H17FO3. The third-order valence-corrected chi connectivity index (χ3v) is 2.63. The fraction of sp³-hybridized carbons (Fsp3) is 0.538. The van der Waals surface area contributed by atoms with Gasteiger partial charge in [0.05, 0.1) is 6.61 Å². The van der Waals surface area contributed by atoms with Crippen molar-refractivity contribution in [2.45, 2.75) is 32.7 Å². The minimum atomic E-state index is -0.536. The van der Waals surface area contributed by atoms with Gasteiger partial charge in [0.25, 0.3) is 0 Å². The first kappa shape index (κ1) is 12.3. The number of ether oxygens (including phenoxy) is 3. The quantitative estimate of drug-likeness (QED) is 0.813. The van der Waals surface area contributed by atoms with Crippen molar-refractivity contribution >= 4 is 0 Å². The van der Waals surface area contributed by atoms with Crippen LogP contribution in [0.2, 0.25) is 0 Å². The second-order valence-electron chi connectivity index (χ2n) is 4.67. The summed E-state index contributed by atoms with van der Waals surface area (Å²) in [5, 5.41) is 0. The molecule has 2 rings (SSSR count). The number of hydrogen-bond acceptors (Lipinski definition) is 3. The zero-order valence-electron chi connectivity index (χ0n) is 10.3. The van der Waals surface area contributed by atoms with E-state index in [2.05, 4.69) is 0 Å². The van der Waals surface area contributed by atoms with E-state index >= 15 is 0 Å². The summed E-state index contributed by atoms with van der Waals surface area (Å²) in [6.07, 6.45) is -0.0746. The Balaban J connectivity index is 1.90. The van der Waals surface area contributed by atoms with E-state index in [1.807, 2.05) is 20.8 Å². The summed E-state index contributed by atoms with van der Waals surface area (Å²) in [5.74, 6) is -0.109. The molecular weight excluding hydrogens is 223 g/mol. The summed E-state index contributed by atoms with van der Waals surface area (Å²) in [4.78, 5) is 0. The molecule has 0 aliphatic carbocycles. The summed E-state index contributed by atoms with van der Waals surface area (Å²) in [6, 6.07) is 4.47. The highest BCUT2D eigenvalue weighted by Gasteiger charge is 2.32. The molecule has 0 radical (unpaired) electrons. The maximum atomic E-state index is 12.9. The van der Waals surface area contributed by atoms with Crippen LogP contribution in [-0.2, 0) is 9.47 Å². The van der Waals surface area contributed by atoms with E-state index in [0.29, 0.717) is 19.0 Å². The Labute approximate surface area is 100 Å². The largest absolute Gasteiger partial charge is 0.491 e. The Morgan fingerprint density at radius 3 is 2.82 bits per heavy atom. The van der Waals surface area contributed by atoms with Crippen LogP contribution in [0.25, 0.3) is 0 Å². The number of benzene rings is 1. The zero-order valence-corrected chi connectivity index (χ0v) is 10.3. The minimum Gasteiger partial charge on any atom is -0.491 e. The van der Waals surface area contributed by atoms with Crippen LogP contribution in [0.3, 0.4) is 0 Å². The fourth-order valence-electron chi connectivity index (χ4n) is 1.80. The van der Waals surface area contributed by atoms with E-state index in [4.69, 9.17) is 14.2 Å². The van der Waals surface area contributed by atoms with Crippen molar-refractivity contribution in [2.75, 3.05) is 13.2 Å². The summed E-state index contributed by atoms with van der Waals surface area (Å²) in [7, 11) is 0. The lowest BCUT2D eigenvalue weighted by atomic mass is 10.2. The molecule has 3 nitrogen and oxygen atoms in total. The van der Waals surface area contributed by atoms with Crippen molar-refractivity contribution in [3.63, 3.8) is 0 Å². The Bertz CT molecular complexity index is 404. The molecule has 0 aromatic heterocycles. The molecule has 1 fully saturated rings. The van der Waals surface area contributed by atoms with Crippen molar-refractivity contribution in [3.05, 3.63) is 29.6 Å². The van der Waals surface area contributed by atoms with Crippen molar-refractivity contribution in [1.82, 2.24) is 0 Å². The maximum absolute atomic E-state index is 12.9. The maximum Gasteiger partial charge on any atom is 0.163 e. The van der Waals surface area contributed by atoms with E-state index in [1.165, 1.54) is 12.1 Å². The molecule has 0 N–H and O–H groups in total. The number of halogens is 1. The Kier molecular flexibility index (Phi) is 3.35. The van der Waals surface area contributed by atoms with Crippen molar-refractivity contribution < 1.29 is 18.6 Å². The van der Waals surface area contributed by atoms with Gasteiger partial charge < -0.3 is 14.2 Å². The van der Waals surface area contributed by atoms with Crippen molar-refractivity contribution in [1.29, 1.82) is 0 Å². The number of aryl methyl sites for hydroxylation is 1. The number of hydrogen-bond donors (Lipinski definition) is 0. The van der Waals surface area contributed by atoms with Gasteiger partial charge in [-0.3, -0.25) is 0 Å². The van der Waals surface area contributed by atoms with Gasteiger partial charge in [-0.25, -0.2) is 4.39 Å². The van der Waals surface area contributed by atoms with Crippen LogP contribution >= 0.6 is 0 Å². The number of rotatable bonds is 3. The van der Waals surface area contributed by atoms with E-state index in [9.17, 15) is 4.39 Å². The lowest BCUT2D eigenvalue weighted by Gasteiger charge is -2.17. The highest BCUT2D eigenvalue weighted by Crippen LogP contribution is 2.24. The average Bonchev–Trinajstić information content (AvgIpc) is 2.57. The SMILES string of the molecule is Cc1cc(F)ccc1OCC1COC(C)(C)O1. The molecule has 1 unspecified atom stereocenters. The molecule has 1 saturated heterocycles. The van der Waals surface area contributed by atoms with Crippen LogP contribution in [0.4, 0.5) is 4.39 Å². The summed E-state index contributed by atoms with van der Waals surface area (Å²) in [6.45, 7) is 6.49. The third kappa shape index (κ3) is 3.17. The van der Waals surface area contributed by atoms with Crippen LogP contribution in [0.5, 0.6) is 5.75 Å². The van der Waals surface area contributed by atoms with E-state index < -0.39 is 5.79 Å². The molecule has 1 aromatic rings. The zero-order chi connectivity index (χ0) is 12.5. The van der Waals surface area contributed by atoms with E-state index in [-0.39, 0.29) is 11.9 Å². The molecule has 1 atom stereocenters. The molecule has 1 aliphatic rings. The summed E-state index contributed by atoms with van der Waals surface area (Å²) in [5.41, 5.74) is 0.781. The van der Waals surface area contributed by atoms with Crippen LogP contribution in [-0.4, -0.2) is 25.1 Å². The fourth-order valence-corrected chi connectivity index (χ4v) is 1.80. The van der Waals surface area contributed by atoms with Gasteiger partial charge in [-0.15, -0.1) is 0 Å². The average molecular weight is 240 g/mol. The Morgan fingerprint density at radius 1 is 1.47 bits per heavy atom. The van der Waals surface area contributed by atoms with Gasteiger partial charge in [0.15, 0.2) is 5.79 Å². The van der Waals surface area contributed by atoms with Gasteiger partial charge in [-0.2, -0.15) is 0 Å². The molecule has 1 aliphatic heterocycles. The molecule has 0 bridgehead atoms. The van der Waals surface area contributed by atoms with Crippen LogP contribution in [0, 0.1) is 12.7 Å². The first-order valence-corrected chi connectivity index (χ1v) is 5.67. The molecule has 0 spiro atoms. The molecule has 4 heteroatoms. The topological polar surface area (TPSA) is 27.7 Å². The lowest BCUT2D eigenvalue weighted by molar-refractivity contribution is -0.141. The van der Waals surface area contributed by atoms with Crippen molar-refractivity contribution in [2.24, 2.45) is 0 Å². The standard InChI is InChI=1S/C13H17FO3/c1-9-6-10(14)4-5-12(9)15-7-11-8-16-13(2,3)17-11/h4-6,11H,7-8H2,1-3H3. The lowest BCUT2D eigenvalue weighted by Crippen LogP contribution is -2.25. The van der Waals surface area contributed by atoms with Crippen LogP contribution in [0.15, 0.2) is 18.2 Å². The Morgan fingerprint density at radius 2 is 2.24 bits per heavy atom. The summed E-state index contributed by atoms with van der Waals surface area (Å²) >= 11 is 0. The van der Waals surface area contributed by atoms with Gasteiger partial charge >= 0.3 is 0 Å². The molecule has 1 heterocycles. The third-order valence-electron chi connectivity index (χ3n) is 2.63. The summed E-state index contributed by atoms with van der Waals surface area (Å²) < 4.78 is 29.5. The normalized spacial score (nSPS) is 22.7. The highest BCUT2D eigenvalue weighted by molar-refractivity contribution is 5.32. The second-order valence-corrected chi connectivity index (χ2v) is 4.67. The minimum absolute atomic E-state index is 0.0746. The first-order valence-electron chi connectivity index (χ1n) is 5.67. The molecule has 0 amide bonds. The second kappa shape index (κ2) is 4.63. The van der Waals surface area contributed by atoms with Gasteiger partial charge in [0, 0.05) is 0 Å². The molecule has 17 heavy (non-hydrogen) atoms. The Hall–Kier alpha value is -1.13.